The van der Waals surface area contributed by atoms with Gasteiger partial charge >= 0.3 is 0 Å². The second-order valence-corrected chi connectivity index (χ2v) is 2.22. The van der Waals surface area contributed by atoms with Crippen LogP contribution in [-0.2, 0) is 4.79 Å². The monoisotopic (exact) mass is 131 g/mol. The van der Waals surface area contributed by atoms with Gasteiger partial charge in [0.2, 0.25) is 0 Å². The molecule has 0 amide bonds. The summed E-state index contributed by atoms with van der Waals surface area (Å²) >= 11 is 0. The Morgan fingerprint density at radius 3 is 2.89 bits per heavy atom. The van der Waals surface area contributed by atoms with Gasteiger partial charge in [0.15, 0.2) is 0 Å². The summed E-state index contributed by atoms with van der Waals surface area (Å²) in [5.74, 6) is 0. The van der Waals surface area contributed by atoms with Gasteiger partial charge in [-0.1, -0.05) is 0 Å². The Morgan fingerprint density at radius 1 is 1.78 bits per heavy atom. The first-order valence-corrected chi connectivity index (χ1v) is 3.14. The molecule has 0 spiro atoms. The van der Waals surface area contributed by atoms with Crippen molar-refractivity contribution in [3.05, 3.63) is 0 Å². The second kappa shape index (κ2) is 2.92. The maximum atomic E-state index is 11.6. The van der Waals surface area contributed by atoms with E-state index in [0.29, 0.717) is 6.54 Å². The van der Waals surface area contributed by atoms with E-state index in [1.54, 1.807) is 0 Å². The molecule has 0 aromatic heterocycles. The summed E-state index contributed by atoms with van der Waals surface area (Å²) in [5.41, 5.74) is 0. The van der Waals surface area contributed by atoms with Gasteiger partial charge in [-0.05, 0) is 6.42 Å². The SMILES string of the molecule is O=CC1CCN1CCF. The predicted molar refractivity (Wildman–Crippen MR) is 32.0 cm³/mol. The van der Waals surface area contributed by atoms with Crippen LogP contribution in [0.15, 0.2) is 0 Å². The molecule has 0 radical (unpaired) electrons. The quantitative estimate of drug-likeness (QED) is 0.511. The lowest BCUT2D eigenvalue weighted by Crippen LogP contribution is -2.49. The number of alkyl halides is 1. The molecule has 1 aliphatic heterocycles. The van der Waals surface area contributed by atoms with E-state index < -0.39 is 0 Å². The molecule has 2 nitrogen and oxygen atoms in total. The van der Waals surface area contributed by atoms with E-state index in [9.17, 15) is 9.18 Å². The van der Waals surface area contributed by atoms with Crippen LogP contribution in [0.1, 0.15) is 6.42 Å². The number of carbonyl (C=O) groups excluding carboxylic acids is 1. The molecule has 1 atom stereocenters. The molecule has 3 heteroatoms. The van der Waals surface area contributed by atoms with Crippen LogP contribution in [0.3, 0.4) is 0 Å². The first-order valence-electron chi connectivity index (χ1n) is 3.14. The van der Waals surface area contributed by atoms with Crippen LogP contribution in [-0.4, -0.2) is 37.0 Å². The van der Waals surface area contributed by atoms with Gasteiger partial charge < -0.3 is 4.79 Å². The van der Waals surface area contributed by atoms with Crippen LogP contribution in [0.5, 0.6) is 0 Å². The summed E-state index contributed by atoms with van der Waals surface area (Å²) in [6.45, 7) is 0.959. The topological polar surface area (TPSA) is 20.3 Å². The van der Waals surface area contributed by atoms with Crippen molar-refractivity contribution in [1.29, 1.82) is 0 Å². The molecule has 0 aliphatic carbocycles. The third-order valence-electron chi connectivity index (χ3n) is 1.71. The van der Waals surface area contributed by atoms with E-state index in [-0.39, 0.29) is 12.7 Å². The van der Waals surface area contributed by atoms with Crippen molar-refractivity contribution < 1.29 is 9.18 Å². The standard InChI is InChI=1S/C6H10FNO/c7-2-4-8-3-1-6(8)5-9/h5-6H,1-4H2. The van der Waals surface area contributed by atoms with Crippen LogP contribution in [0.2, 0.25) is 0 Å². The Kier molecular flexibility index (Phi) is 2.16. The zero-order valence-electron chi connectivity index (χ0n) is 5.22. The summed E-state index contributed by atoms with van der Waals surface area (Å²) < 4.78 is 11.6. The van der Waals surface area contributed by atoms with Crippen LogP contribution in [0.25, 0.3) is 0 Å². The minimum absolute atomic E-state index is 0.0146. The van der Waals surface area contributed by atoms with Crippen molar-refractivity contribution in [2.24, 2.45) is 0 Å². The molecular weight excluding hydrogens is 121 g/mol. The highest BCUT2D eigenvalue weighted by Crippen LogP contribution is 2.13. The minimum Gasteiger partial charge on any atom is -0.302 e. The van der Waals surface area contributed by atoms with Crippen LogP contribution >= 0.6 is 0 Å². The number of carbonyl (C=O) groups is 1. The molecular formula is C6H10FNO. The van der Waals surface area contributed by atoms with Crippen molar-refractivity contribution in [3.63, 3.8) is 0 Å². The minimum atomic E-state index is -0.343. The third-order valence-corrected chi connectivity index (χ3v) is 1.71. The Balaban J connectivity index is 2.18. The smallest absolute Gasteiger partial charge is 0.137 e. The van der Waals surface area contributed by atoms with E-state index in [2.05, 4.69) is 0 Å². The number of halogens is 1. The Morgan fingerprint density at radius 2 is 2.56 bits per heavy atom. The molecule has 0 saturated carbocycles. The van der Waals surface area contributed by atoms with Gasteiger partial charge in [-0.2, -0.15) is 0 Å². The normalized spacial score (nSPS) is 27.4. The first kappa shape index (κ1) is 6.68. The molecule has 1 heterocycles. The zero-order valence-corrected chi connectivity index (χ0v) is 5.22. The maximum absolute atomic E-state index is 11.6. The van der Waals surface area contributed by atoms with Gasteiger partial charge in [-0.3, -0.25) is 4.90 Å². The van der Waals surface area contributed by atoms with Crippen molar-refractivity contribution in [2.45, 2.75) is 12.5 Å². The summed E-state index contributed by atoms with van der Waals surface area (Å²) in [5, 5.41) is 0. The van der Waals surface area contributed by atoms with Gasteiger partial charge in [0, 0.05) is 13.1 Å². The Hall–Kier alpha value is -0.440. The maximum Gasteiger partial charge on any atom is 0.137 e. The fourth-order valence-corrected chi connectivity index (χ4v) is 1.00. The van der Waals surface area contributed by atoms with Crippen molar-refractivity contribution in [2.75, 3.05) is 19.8 Å². The number of hydrogen-bond donors (Lipinski definition) is 0. The number of rotatable bonds is 3. The fourth-order valence-electron chi connectivity index (χ4n) is 1.00. The van der Waals surface area contributed by atoms with E-state index in [1.165, 1.54) is 0 Å². The molecule has 1 fully saturated rings. The van der Waals surface area contributed by atoms with Gasteiger partial charge in [0.05, 0.1) is 6.04 Å². The molecule has 0 aromatic rings. The van der Waals surface area contributed by atoms with Gasteiger partial charge in [0.1, 0.15) is 13.0 Å². The predicted octanol–water partition coefficient (Wildman–Crippen LogP) is 0.229. The number of likely N-dealkylation sites (tertiary alicyclic amines) is 1. The summed E-state index contributed by atoms with van der Waals surface area (Å²) in [6, 6.07) is 0.0146. The third kappa shape index (κ3) is 1.27. The van der Waals surface area contributed by atoms with E-state index in [1.807, 2.05) is 4.90 Å². The highest BCUT2D eigenvalue weighted by molar-refractivity contribution is 5.59. The fraction of sp³-hybridized carbons (Fsp3) is 0.833. The van der Waals surface area contributed by atoms with Gasteiger partial charge in [-0.15, -0.1) is 0 Å². The summed E-state index contributed by atoms with van der Waals surface area (Å²) in [7, 11) is 0. The first-order chi connectivity index (χ1) is 4.38. The van der Waals surface area contributed by atoms with E-state index >= 15 is 0 Å². The number of nitrogens with zero attached hydrogens (tertiary/aromatic N) is 1. The Labute approximate surface area is 53.6 Å². The molecule has 0 N–H and O–H groups in total. The molecule has 1 saturated heterocycles. The van der Waals surface area contributed by atoms with E-state index in [4.69, 9.17) is 0 Å². The van der Waals surface area contributed by atoms with Crippen molar-refractivity contribution >= 4 is 6.29 Å². The van der Waals surface area contributed by atoms with Crippen molar-refractivity contribution in [3.8, 4) is 0 Å². The average Bonchev–Trinajstić information content (AvgIpc) is 1.82. The van der Waals surface area contributed by atoms with Gasteiger partial charge in [-0.25, -0.2) is 4.39 Å². The molecule has 52 valence electrons. The molecule has 0 aromatic carbocycles. The highest BCUT2D eigenvalue weighted by atomic mass is 19.1. The number of hydrogen-bond acceptors (Lipinski definition) is 2. The zero-order chi connectivity index (χ0) is 6.69. The second-order valence-electron chi connectivity index (χ2n) is 2.22. The number of aldehydes is 1. The molecule has 1 rings (SSSR count). The lowest BCUT2D eigenvalue weighted by molar-refractivity contribution is -0.116. The summed E-state index contributed by atoms with van der Waals surface area (Å²) in [4.78, 5) is 11.9. The lowest BCUT2D eigenvalue weighted by Gasteiger charge is -2.36. The highest BCUT2D eigenvalue weighted by Gasteiger charge is 2.26. The van der Waals surface area contributed by atoms with Crippen LogP contribution in [0.4, 0.5) is 4.39 Å². The molecule has 1 unspecified atom stereocenters. The van der Waals surface area contributed by atoms with Crippen LogP contribution < -0.4 is 0 Å². The summed E-state index contributed by atoms with van der Waals surface area (Å²) in [6.07, 6.45) is 1.79. The lowest BCUT2D eigenvalue weighted by atomic mass is 10.1. The average molecular weight is 131 g/mol. The molecule has 9 heavy (non-hydrogen) atoms. The largest absolute Gasteiger partial charge is 0.302 e. The Bertz CT molecular complexity index is 107. The van der Waals surface area contributed by atoms with E-state index in [0.717, 1.165) is 19.3 Å². The van der Waals surface area contributed by atoms with Crippen molar-refractivity contribution in [1.82, 2.24) is 4.90 Å². The van der Waals surface area contributed by atoms with Gasteiger partial charge in [0.25, 0.3) is 0 Å². The molecule has 1 aliphatic rings. The van der Waals surface area contributed by atoms with Crippen LogP contribution in [0, 0.1) is 0 Å². The molecule has 0 bridgehead atoms.